The highest BCUT2D eigenvalue weighted by molar-refractivity contribution is 5.95. The number of carboxylic acid groups (broad SMARTS) is 1. The maximum absolute atomic E-state index is 12.3. The van der Waals surface area contributed by atoms with Crippen molar-refractivity contribution in [3.63, 3.8) is 0 Å². The molecule has 0 unspecified atom stereocenters. The monoisotopic (exact) mass is 342 g/mol. The lowest BCUT2D eigenvalue weighted by molar-refractivity contribution is -0.121. The van der Waals surface area contributed by atoms with Crippen molar-refractivity contribution in [1.29, 1.82) is 0 Å². The zero-order valence-corrected chi connectivity index (χ0v) is 13.3. The molecule has 1 fully saturated rings. The van der Waals surface area contributed by atoms with Crippen molar-refractivity contribution in [2.75, 3.05) is 32.1 Å². The van der Waals surface area contributed by atoms with E-state index >= 15 is 0 Å². The van der Waals surface area contributed by atoms with Crippen LogP contribution in [-0.2, 0) is 4.79 Å². The molecule has 8 heteroatoms. The molecule has 6 nitrogen and oxygen atoms in total. The van der Waals surface area contributed by atoms with E-state index in [1.165, 1.54) is 25.3 Å². The minimum absolute atomic E-state index is 0.0100. The molecule has 0 atom stereocenters. The third-order valence-electron chi connectivity index (χ3n) is 4.05. The average Bonchev–Trinajstić information content (AvgIpc) is 2.54. The van der Waals surface area contributed by atoms with Crippen LogP contribution in [0, 0.1) is 5.92 Å². The molecule has 0 saturated carbocycles. The van der Waals surface area contributed by atoms with Gasteiger partial charge in [-0.2, -0.15) is 0 Å². The number of hydrogen-bond acceptors (Lipinski definition) is 4. The lowest BCUT2D eigenvalue weighted by Gasteiger charge is -2.30. The van der Waals surface area contributed by atoms with Gasteiger partial charge in [-0.1, -0.05) is 0 Å². The number of carbonyl (C=O) groups excluding carboxylic acids is 1. The van der Waals surface area contributed by atoms with E-state index in [2.05, 4.69) is 5.32 Å². The Hall–Kier alpha value is -2.22. The Labute approximate surface area is 138 Å². The van der Waals surface area contributed by atoms with Gasteiger partial charge in [0.15, 0.2) is 0 Å². The molecule has 0 radical (unpaired) electrons. The molecule has 0 bridgehead atoms. The number of methoxy groups -OCH3 is 1. The highest BCUT2D eigenvalue weighted by atomic mass is 19.3. The Bertz CT molecular complexity index is 602. The van der Waals surface area contributed by atoms with E-state index in [0.29, 0.717) is 31.6 Å². The fourth-order valence-electron chi connectivity index (χ4n) is 2.76. The Morgan fingerprint density at radius 2 is 2.04 bits per heavy atom. The maximum Gasteiger partial charge on any atom is 0.339 e. The van der Waals surface area contributed by atoms with E-state index in [9.17, 15) is 18.4 Å². The number of rotatable bonds is 6. The number of anilines is 1. The van der Waals surface area contributed by atoms with Crippen LogP contribution in [0.5, 0.6) is 5.75 Å². The van der Waals surface area contributed by atoms with Crippen LogP contribution in [0.4, 0.5) is 14.5 Å². The highest BCUT2D eigenvalue weighted by Crippen LogP contribution is 2.25. The fourth-order valence-corrected chi connectivity index (χ4v) is 2.76. The standard InChI is InChI=1S/C16H20F2N2O4/c1-24-13-8-11(2-3-12(13)16(22)23)19-15(21)10-4-6-20(7-5-10)9-14(17)18/h2-3,8,10,14H,4-7,9H2,1H3,(H,19,21)(H,22,23). The van der Waals surface area contributed by atoms with Gasteiger partial charge in [-0.25, -0.2) is 13.6 Å². The number of hydrogen-bond donors (Lipinski definition) is 2. The Morgan fingerprint density at radius 1 is 1.38 bits per heavy atom. The van der Waals surface area contributed by atoms with Gasteiger partial charge < -0.3 is 15.2 Å². The molecular formula is C16H20F2N2O4. The Balaban J connectivity index is 1.94. The van der Waals surface area contributed by atoms with Gasteiger partial charge in [0.1, 0.15) is 11.3 Å². The molecule has 1 heterocycles. The summed E-state index contributed by atoms with van der Waals surface area (Å²) >= 11 is 0. The van der Waals surface area contributed by atoms with E-state index in [0.717, 1.165) is 0 Å². The predicted molar refractivity (Wildman–Crippen MR) is 83.8 cm³/mol. The second-order valence-electron chi connectivity index (χ2n) is 5.68. The van der Waals surface area contributed by atoms with Crippen molar-refractivity contribution in [3.8, 4) is 5.75 Å². The molecule has 1 saturated heterocycles. The third kappa shape index (κ3) is 4.64. The Kier molecular flexibility index (Phi) is 6.08. The largest absolute Gasteiger partial charge is 0.496 e. The fraction of sp³-hybridized carbons (Fsp3) is 0.500. The predicted octanol–water partition coefficient (Wildman–Crippen LogP) is 2.31. The second-order valence-corrected chi connectivity index (χ2v) is 5.68. The minimum Gasteiger partial charge on any atom is -0.496 e. The summed E-state index contributed by atoms with van der Waals surface area (Å²) in [4.78, 5) is 25.0. The topological polar surface area (TPSA) is 78.9 Å². The lowest BCUT2D eigenvalue weighted by Crippen LogP contribution is -2.40. The summed E-state index contributed by atoms with van der Waals surface area (Å²) in [7, 11) is 1.35. The number of nitrogens with one attached hydrogen (secondary N) is 1. The summed E-state index contributed by atoms with van der Waals surface area (Å²) in [6, 6.07) is 4.31. The minimum atomic E-state index is -2.37. The first kappa shape index (κ1) is 18.1. The van der Waals surface area contributed by atoms with Crippen LogP contribution in [0.15, 0.2) is 18.2 Å². The van der Waals surface area contributed by atoms with E-state index in [-0.39, 0.29) is 29.7 Å². The molecule has 132 valence electrons. The van der Waals surface area contributed by atoms with E-state index in [1.807, 2.05) is 0 Å². The number of ether oxygens (including phenoxy) is 1. The normalized spacial score (nSPS) is 16.2. The van der Waals surface area contributed by atoms with Crippen LogP contribution in [0.1, 0.15) is 23.2 Å². The quantitative estimate of drug-likeness (QED) is 0.829. The molecule has 1 aromatic carbocycles. The maximum atomic E-state index is 12.3. The van der Waals surface area contributed by atoms with Crippen LogP contribution in [0.3, 0.4) is 0 Å². The van der Waals surface area contributed by atoms with Gasteiger partial charge >= 0.3 is 5.97 Å². The van der Waals surface area contributed by atoms with Crippen molar-refractivity contribution in [1.82, 2.24) is 4.90 Å². The van der Waals surface area contributed by atoms with E-state index in [4.69, 9.17) is 9.84 Å². The zero-order valence-electron chi connectivity index (χ0n) is 13.3. The number of carbonyl (C=O) groups is 2. The van der Waals surface area contributed by atoms with E-state index in [1.54, 1.807) is 4.90 Å². The number of benzene rings is 1. The molecule has 1 aromatic rings. The van der Waals surface area contributed by atoms with Gasteiger partial charge in [-0.3, -0.25) is 9.69 Å². The number of aromatic carboxylic acids is 1. The molecule has 0 aliphatic carbocycles. The van der Waals surface area contributed by atoms with Gasteiger partial charge in [0.05, 0.1) is 13.7 Å². The van der Waals surface area contributed by atoms with Crippen LogP contribution in [0.2, 0.25) is 0 Å². The summed E-state index contributed by atoms with van der Waals surface area (Å²) in [5.74, 6) is -1.40. The number of piperidine rings is 1. The summed E-state index contributed by atoms with van der Waals surface area (Å²) < 4.78 is 29.7. The molecule has 2 N–H and O–H groups in total. The Morgan fingerprint density at radius 3 is 2.58 bits per heavy atom. The molecule has 2 rings (SSSR count). The highest BCUT2D eigenvalue weighted by Gasteiger charge is 2.26. The van der Waals surface area contributed by atoms with Gasteiger partial charge in [0.2, 0.25) is 5.91 Å². The number of likely N-dealkylation sites (tertiary alicyclic amines) is 1. The van der Waals surface area contributed by atoms with Crippen molar-refractivity contribution in [2.24, 2.45) is 5.92 Å². The summed E-state index contributed by atoms with van der Waals surface area (Å²) in [5, 5.41) is 11.8. The van der Waals surface area contributed by atoms with Crippen molar-refractivity contribution in [3.05, 3.63) is 23.8 Å². The number of carboxylic acids is 1. The van der Waals surface area contributed by atoms with Crippen LogP contribution < -0.4 is 10.1 Å². The van der Waals surface area contributed by atoms with Crippen LogP contribution >= 0.6 is 0 Å². The van der Waals surface area contributed by atoms with Crippen molar-refractivity contribution < 1.29 is 28.2 Å². The smallest absolute Gasteiger partial charge is 0.339 e. The van der Waals surface area contributed by atoms with Gasteiger partial charge in [-0.15, -0.1) is 0 Å². The van der Waals surface area contributed by atoms with Crippen molar-refractivity contribution in [2.45, 2.75) is 19.3 Å². The van der Waals surface area contributed by atoms with E-state index < -0.39 is 12.4 Å². The van der Waals surface area contributed by atoms with Crippen molar-refractivity contribution >= 4 is 17.6 Å². The van der Waals surface area contributed by atoms with Crippen LogP contribution in [-0.4, -0.2) is 55.1 Å². The third-order valence-corrected chi connectivity index (χ3v) is 4.05. The first-order chi connectivity index (χ1) is 11.4. The average molecular weight is 342 g/mol. The molecular weight excluding hydrogens is 322 g/mol. The first-order valence-electron chi connectivity index (χ1n) is 7.63. The molecule has 1 aliphatic heterocycles. The van der Waals surface area contributed by atoms with Gasteiger partial charge in [0, 0.05) is 17.7 Å². The number of halogens is 2. The molecule has 24 heavy (non-hydrogen) atoms. The molecule has 1 aliphatic rings. The molecule has 0 spiro atoms. The zero-order chi connectivity index (χ0) is 17.7. The second kappa shape index (κ2) is 8.05. The summed E-state index contributed by atoms with van der Waals surface area (Å²) in [6.45, 7) is 0.662. The summed E-state index contributed by atoms with van der Waals surface area (Å²) in [6.07, 6.45) is -1.33. The van der Waals surface area contributed by atoms with Gasteiger partial charge in [-0.05, 0) is 38.1 Å². The number of amides is 1. The summed E-state index contributed by atoms with van der Waals surface area (Å²) in [5.41, 5.74) is 0.452. The van der Waals surface area contributed by atoms with Gasteiger partial charge in [0.25, 0.3) is 6.43 Å². The molecule has 0 aromatic heterocycles. The SMILES string of the molecule is COc1cc(NC(=O)C2CCN(CC(F)F)CC2)ccc1C(=O)O. The number of nitrogens with zero attached hydrogens (tertiary/aromatic N) is 1. The first-order valence-corrected chi connectivity index (χ1v) is 7.63. The lowest BCUT2D eigenvalue weighted by atomic mass is 9.96. The molecule has 1 amide bonds. The number of alkyl halides is 2. The van der Waals surface area contributed by atoms with Crippen LogP contribution in [0.25, 0.3) is 0 Å².